The third kappa shape index (κ3) is 3.56. The molecule has 0 aliphatic rings. The van der Waals surface area contributed by atoms with E-state index in [9.17, 15) is 4.79 Å². The zero-order chi connectivity index (χ0) is 13.0. The molecule has 1 heterocycles. The molecule has 5 nitrogen and oxygen atoms in total. The van der Waals surface area contributed by atoms with Gasteiger partial charge in [0, 0.05) is 5.56 Å². The second-order valence-corrected chi connectivity index (χ2v) is 4.58. The van der Waals surface area contributed by atoms with E-state index in [-0.39, 0.29) is 30.9 Å². The van der Waals surface area contributed by atoms with Crippen LogP contribution in [0.3, 0.4) is 0 Å². The Bertz CT molecular complexity index is 366. The minimum atomic E-state index is -0.206. The molecule has 0 spiro atoms. The second kappa shape index (κ2) is 5.82. The normalized spacial score (nSPS) is 12.8. The van der Waals surface area contributed by atoms with Crippen LogP contribution in [0.1, 0.15) is 30.9 Å². The lowest BCUT2D eigenvalue weighted by Gasteiger charge is -2.19. The maximum Gasteiger partial charge on any atom is 0.224 e. The van der Waals surface area contributed by atoms with Crippen molar-refractivity contribution in [2.45, 2.75) is 40.2 Å². The van der Waals surface area contributed by atoms with E-state index in [1.54, 1.807) is 6.92 Å². The summed E-state index contributed by atoms with van der Waals surface area (Å²) >= 11 is 0. The van der Waals surface area contributed by atoms with Gasteiger partial charge in [-0.1, -0.05) is 19.0 Å². The number of nitrogens with one attached hydrogen (secondary N) is 1. The van der Waals surface area contributed by atoms with Crippen LogP contribution in [0, 0.1) is 19.8 Å². The SMILES string of the molecule is Cc1noc(C)c1CC(=O)NC(CO)C(C)C. The average Bonchev–Trinajstić information content (AvgIpc) is 2.57. The van der Waals surface area contributed by atoms with Gasteiger partial charge < -0.3 is 14.9 Å². The molecule has 96 valence electrons. The van der Waals surface area contributed by atoms with E-state index in [2.05, 4.69) is 10.5 Å². The van der Waals surface area contributed by atoms with Gasteiger partial charge in [0.05, 0.1) is 24.8 Å². The van der Waals surface area contributed by atoms with Crippen molar-refractivity contribution in [2.24, 2.45) is 5.92 Å². The molecule has 17 heavy (non-hydrogen) atoms. The van der Waals surface area contributed by atoms with Crippen LogP contribution in [-0.4, -0.2) is 28.8 Å². The minimum Gasteiger partial charge on any atom is -0.394 e. The number of aliphatic hydroxyl groups excluding tert-OH is 1. The van der Waals surface area contributed by atoms with Crippen LogP contribution < -0.4 is 5.32 Å². The van der Waals surface area contributed by atoms with E-state index < -0.39 is 0 Å². The first kappa shape index (κ1) is 13.7. The predicted octanol–water partition coefficient (Wildman–Crippen LogP) is 0.967. The Morgan fingerprint density at radius 2 is 2.12 bits per heavy atom. The van der Waals surface area contributed by atoms with Crippen molar-refractivity contribution in [3.05, 3.63) is 17.0 Å². The van der Waals surface area contributed by atoms with Crippen molar-refractivity contribution < 1.29 is 14.4 Å². The van der Waals surface area contributed by atoms with E-state index in [1.807, 2.05) is 20.8 Å². The number of carbonyl (C=O) groups excluding carboxylic acids is 1. The highest BCUT2D eigenvalue weighted by Gasteiger charge is 2.18. The lowest BCUT2D eigenvalue weighted by atomic mass is 10.0. The van der Waals surface area contributed by atoms with Crippen LogP contribution >= 0.6 is 0 Å². The Kier molecular flexibility index (Phi) is 4.69. The van der Waals surface area contributed by atoms with Crippen molar-refractivity contribution in [3.8, 4) is 0 Å². The van der Waals surface area contributed by atoms with Crippen LogP contribution in [-0.2, 0) is 11.2 Å². The molecular formula is C12H20N2O3. The number of hydrogen-bond donors (Lipinski definition) is 2. The van der Waals surface area contributed by atoms with Crippen molar-refractivity contribution in [1.29, 1.82) is 0 Å². The number of aromatic nitrogens is 1. The maximum atomic E-state index is 11.8. The molecule has 1 aromatic heterocycles. The highest BCUT2D eigenvalue weighted by Crippen LogP contribution is 2.13. The highest BCUT2D eigenvalue weighted by atomic mass is 16.5. The summed E-state index contributed by atoms with van der Waals surface area (Å²) in [7, 11) is 0. The zero-order valence-electron chi connectivity index (χ0n) is 10.8. The Balaban J connectivity index is 2.61. The van der Waals surface area contributed by atoms with E-state index in [4.69, 9.17) is 9.63 Å². The molecule has 1 amide bonds. The summed E-state index contributed by atoms with van der Waals surface area (Å²) in [5, 5.41) is 15.7. The molecule has 0 saturated carbocycles. The summed E-state index contributed by atoms with van der Waals surface area (Å²) in [5.41, 5.74) is 1.56. The lowest BCUT2D eigenvalue weighted by Crippen LogP contribution is -2.41. The van der Waals surface area contributed by atoms with Crippen molar-refractivity contribution in [1.82, 2.24) is 10.5 Å². The minimum absolute atomic E-state index is 0.0506. The maximum absolute atomic E-state index is 11.8. The number of aliphatic hydroxyl groups is 1. The Labute approximate surface area is 101 Å². The van der Waals surface area contributed by atoms with Gasteiger partial charge in [-0.2, -0.15) is 0 Å². The molecule has 0 saturated heterocycles. The first-order chi connectivity index (χ1) is 7.95. The molecule has 0 aliphatic carbocycles. The second-order valence-electron chi connectivity index (χ2n) is 4.58. The fourth-order valence-corrected chi connectivity index (χ4v) is 1.60. The molecule has 1 unspecified atom stereocenters. The molecule has 0 fully saturated rings. The number of nitrogens with zero attached hydrogens (tertiary/aromatic N) is 1. The van der Waals surface area contributed by atoms with Gasteiger partial charge >= 0.3 is 0 Å². The number of aryl methyl sites for hydroxylation is 2. The van der Waals surface area contributed by atoms with E-state index >= 15 is 0 Å². The van der Waals surface area contributed by atoms with Crippen LogP contribution in [0.4, 0.5) is 0 Å². The summed E-state index contributed by atoms with van der Waals surface area (Å²) in [6.07, 6.45) is 0.240. The Hall–Kier alpha value is -1.36. The summed E-state index contributed by atoms with van der Waals surface area (Å²) in [6.45, 7) is 7.46. The Morgan fingerprint density at radius 1 is 1.47 bits per heavy atom. The third-order valence-corrected chi connectivity index (χ3v) is 2.87. The summed E-state index contributed by atoms with van der Waals surface area (Å²) in [6, 6.07) is -0.206. The van der Waals surface area contributed by atoms with Gasteiger partial charge in [0.2, 0.25) is 5.91 Å². The highest BCUT2D eigenvalue weighted by molar-refractivity contribution is 5.79. The van der Waals surface area contributed by atoms with Gasteiger partial charge in [0.1, 0.15) is 5.76 Å². The quantitative estimate of drug-likeness (QED) is 0.804. The standard InChI is InChI=1S/C12H20N2O3/c1-7(2)11(6-15)13-12(16)5-10-8(3)14-17-9(10)4/h7,11,15H,5-6H2,1-4H3,(H,13,16). The van der Waals surface area contributed by atoms with E-state index in [0.717, 1.165) is 11.3 Å². The van der Waals surface area contributed by atoms with Crippen LogP contribution in [0.25, 0.3) is 0 Å². The van der Waals surface area contributed by atoms with Gasteiger partial charge in [-0.05, 0) is 19.8 Å². The first-order valence-electron chi connectivity index (χ1n) is 5.77. The average molecular weight is 240 g/mol. The molecule has 1 rings (SSSR count). The lowest BCUT2D eigenvalue weighted by molar-refractivity contribution is -0.121. The first-order valence-corrected chi connectivity index (χ1v) is 5.77. The van der Waals surface area contributed by atoms with Gasteiger partial charge in [-0.15, -0.1) is 0 Å². The molecule has 2 N–H and O–H groups in total. The smallest absolute Gasteiger partial charge is 0.224 e. The van der Waals surface area contributed by atoms with Gasteiger partial charge in [0.25, 0.3) is 0 Å². The Morgan fingerprint density at radius 3 is 2.53 bits per heavy atom. The fourth-order valence-electron chi connectivity index (χ4n) is 1.60. The number of hydrogen-bond acceptors (Lipinski definition) is 4. The number of carbonyl (C=O) groups is 1. The van der Waals surface area contributed by atoms with Crippen LogP contribution in [0.15, 0.2) is 4.52 Å². The molecule has 1 atom stereocenters. The monoisotopic (exact) mass is 240 g/mol. The predicted molar refractivity (Wildman–Crippen MR) is 63.5 cm³/mol. The molecule has 0 bridgehead atoms. The number of rotatable bonds is 5. The third-order valence-electron chi connectivity index (χ3n) is 2.87. The van der Waals surface area contributed by atoms with Crippen LogP contribution in [0.5, 0.6) is 0 Å². The topological polar surface area (TPSA) is 75.4 Å². The van der Waals surface area contributed by atoms with Crippen molar-refractivity contribution in [3.63, 3.8) is 0 Å². The fraction of sp³-hybridized carbons (Fsp3) is 0.667. The van der Waals surface area contributed by atoms with Gasteiger partial charge in [-0.25, -0.2) is 0 Å². The molecule has 0 aromatic carbocycles. The van der Waals surface area contributed by atoms with Crippen molar-refractivity contribution >= 4 is 5.91 Å². The summed E-state index contributed by atoms with van der Waals surface area (Å²) < 4.78 is 5.00. The van der Waals surface area contributed by atoms with E-state index in [1.165, 1.54) is 0 Å². The number of amides is 1. The molecule has 1 aromatic rings. The summed E-state index contributed by atoms with van der Waals surface area (Å²) in [4.78, 5) is 11.8. The molecular weight excluding hydrogens is 220 g/mol. The van der Waals surface area contributed by atoms with Crippen molar-refractivity contribution in [2.75, 3.05) is 6.61 Å². The molecule has 5 heteroatoms. The largest absolute Gasteiger partial charge is 0.394 e. The molecule has 0 radical (unpaired) electrons. The zero-order valence-corrected chi connectivity index (χ0v) is 10.8. The summed E-state index contributed by atoms with van der Waals surface area (Å²) in [5.74, 6) is 0.753. The van der Waals surface area contributed by atoms with E-state index in [0.29, 0.717) is 5.76 Å². The molecule has 0 aliphatic heterocycles. The van der Waals surface area contributed by atoms with Gasteiger partial charge in [0.15, 0.2) is 0 Å². The van der Waals surface area contributed by atoms with Gasteiger partial charge in [-0.3, -0.25) is 4.79 Å². The van der Waals surface area contributed by atoms with Crippen LogP contribution in [0.2, 0.25) is 0 Å².